The third-order valence-corrected chi connectivity index (χ3v) is 4.99. The predicted octanol–water partition coefficient (Wildman–Crippen LogP) is 3.07. The highest BCUT2D eigenvalue weighted by Gasteiger charge is 2.43. The Kier molecular flexibility index (Phi) is 3.94. The molecule has 2 aliphatic heterocycles. The van der Waals surface area contributed by atoms with Crippen LogP contribution in [0, 0.1) is 5.92 Å². The van der Waals surface area contributed by atoms with E-state index in [1.54, 1.807) is 0 Å². The van der Waals surface area contributed by atoms with Gasteiger partial charge in [-0.2, -0.15) is 0 Å². The van der Waals surface area contributed by atoms with Crippen molar-refractivity contribution in [3.05, 3.63) is 34.3 Å². The number of ether oxygens (including phenoxy) is 2. The first-order chi connectivity index (χ1) is 9.20. The highest BCUT2D eigenvalue weighted by Crippen LogP contribution is 2.42. The van der Waals surface area contributed by atoms with Gasteiger partial charge in [0.25, 0.3) is 0 Å². The molecule has 4 heteroatoms. The van der Waals surface area contributed by atoms with Crippen LogP contribution < -0.4 is 0 Å². The molecule has 1 aromatic rings. The van der Waals surface area contributed by atoms with Gasteiger partial charge in [-0.25, -0.2) is 0 Å². The van der Waals surface area contributed by atoms with E-state index in [9.17, 15) is 5.11 Å². The molecule has 19 heavy (non-hydrogen) atoms. The molecule has 0 saturated carbocycles. The average Bonchev–Trinajstić information content (AvgIpc) is 2.86. The topological polar surface area (TPSA) is 38.7 Å². The minimum atomic E-state index is -0.433. The second-order valence-corrected chi connectivity index (χ2v) is 6.41. The molecular formula is C15H19BrO3. The van der Waals surface area contributed by atoms with Gasteiger partial charge < -0.3 is 14.6 Å². The summed E-state index contributed by atoms with van der Waals surface area (Å²) in [4.78, 5) is 0. The van der Waals surface area contributed by atoms with Crippen molar-refractivity contribution in [1.82, 2.24) is 0 Å². The Hall–Kier alpha value is -0.420. The Balaban J connectivity index is 1.76. The van der Waals surface area contributed by atoms with Gasteiger partial charge in [0.15, 0.2) is 0 Å². The van der Waals surface area contributed by atoms with Crippen molar-refractivity contribution in [2.45, 2.75) is 31.0 Å². The predicted molar refractivity (Wildman–Crippen MR) is 75.9 cm³/mol. The summed E-state index contributed by atoms with van der Waals surface area (Å²) in [7, 11) is 0. The van der Waals surface area contributed by atoms with Crippen LogP contribution >= 0.6 is 15.9 Å². The summed E-state index contributed by atoms with van der Waals surface area (Å²) in [5.74, 6) is 0.245. The molecule has 1 aromatic carbocycles. The average molecular weight is 327 g/mol. The van der Waals surface area contributed by atoms with E-state index in [1.807, 2.05) is 24.3 Å². The largest absolute Gasteiger partial charge is 0.388 e. The van der Waals surface area contributed by atoms with E-state index >= 15 is 0 Å². The van der Waals surface area contributed by atoms with Gasteiger partial charge in [0.2, 0.25) is 0 Å². The first-order valence-electron chi connectivity index (χ1n) is 6.84. The van der Waals surface area contributed by atoms with Crippen molar-refractivity contribution >= 4 is 15.9 Å². The van der Waals surface area contributed by atoms with Gasteiger partial charge >= 0.3 is 0 Å². The van der Waals surface area contributed by atoms with Crippen molar-refractivity contribution in [2.75, 3.05) is 19.8 Å². The van der Waals surface area contributed by atoms with E-state index in [0.29, 0.717) is 6.61 Å². The van der Waals surface area contributed by atoms with E-state index in [-0.39, 0.29) is 11.5 Å². The molecule has 0 aliphatic carbocycles. The second kappa shape index (κ2) is 5.52. The summed E-state index contributed by atoms with van der Waals surface area (Å²) in [6.07, 6.45) is 2.31. The number of hydrogen-bond acceptors (Lipinski definition) is 3. The lowest BCUT2D eigenvalue weighted by molar-refractivity contribution is -0.117. The van der Waals surface area contributed by atoms with Crippen LogP contribution in [-0.4, -0.2) is 30.5 Å². The summed E-state index contributed by atoms with van der Waals surface area (Å²) < 4.78 is 12.4. The van der Waals surface area contributed by atoms with Crippen LogP contribution in [-0.2, 0) is 9.47 Å². The molecule has 0 amide bonds. The third-order valence-electron chi connectivity index (χ3n) is 4.27. The molecule has 2 aliphatic rings. The molecule has 3 rings (SSSR count). The number of hydrogen-bond donors (Lipinski definition) is 1. The van der Waals surface area contributed by atoms with Crippen LogP contribution in [0.2, 0.25) is 0 Å². The van der Waals surface area contributed by atoms with Crippen LogP contribution in [0.1, 0.15) is 30.9 Å². The van der Waals surface area contributed by atoms with Gasteiger partial charge in [0.1, 0.15) is 0 Å². The maximum atomic E-state index is 10.6. The van der Waals surface area contributed by atoms with Gasteiger partial charge in [0.05, 0.1) is 18.3 Å². The lowest BCUT2D eigenvalue weighted by Crippen LogP contribution is -2.41. The Morgan fingerprint density at radius 2 is 2.16 bits per heavy atom. The van der Waals surface area contributed by atoms with Crippen molar-refractivity contribution in [3.63, 3.8) is 0 Å². The maximum absolute atomic E-state index is 10.6. The zero-order chi connectivity index (χ0) is 13.3. The molecule has 3 nitrogen and oxygen atoms in total. The molecule has 0 aromatic heterocycles. The zero-order valence-electron chi connectivity index (χ0n) is 10.8. The molecule has 3 unspecified atom stereocenters. The molecule has 0 bridgehead atoms. The van der Waals surface area contributed by atoms with Gasteiger partial charge in [-0.1, -0.05) is 34.1 Å². The van der Waals surface area contributed by atoms with E-state index in [1.165, 1.54) is 0 Å². The summed E-state index contributed by atoms with van der Waals surface area (Å²) in [6.45, 7) is 2.17. The lowest BCUT2D eigenvalue weighted by atomic mass is 9.80. The molecule has 2 heterocycles. The van der Waals surface area contributed by atoms with Crippen LogP contribution in [0.4, 0.5) is 0 Å². The first-order valence-corrected chi connectivity index (χ1v) is 7.64. The van der Waals surface area contributed by atoms with Crippen molar-refractivity contribution in [2.24, 2.45) is 5.92 Å². The molecular weight excluding hydrogens is 308 g/mol. The van der Waals surface area contributed by atoms with E-state index in [0.717, 1.165) is 42.5 Å². The Morgan fingerprint density at radius 3 is 2.89 bits per heavy atom. The summed E-state index contributed by atoms with van der Waals surface area (Å²) >= 11 is 3.52. The third kappa shape index (κ3) is 2.72. The van der Waals surface area contributed by atoms with E-state index < -0.39 is 6.10 Å². The quantitative estimate of drug-likeness (QED) is 0.907. The number of benzene rings is 1. The van der Waals surface area contributed by atoms with Crippen molar-refractivity contribution in [1.29, 1.82) is 0 Å². The SMILES string of the molecule is OC(c1ccccc1Br)C1CCOC2(CCOC2)C1. The van der Waals surface area contributed by atoms with Crippen LogP contribution in [0.3, 0.4) is 0 Å². The van der Waals surface area contributed by atoms with Crippen LogP contribution in [0.5, 0.6) is 0 Å². The normalized spacial score (nSPS) is 32.6. The summed E-state index contributed by atoms with van der Waals surface area (Å²) in [5, 5.41) is 10.6. The molecule has 0 radical (unpaired) electrons. The van der Waals surface area contributed by atoms with E-state index in [2.05, 4.69) is 15.9 Å². The van der Waals surface area contributed by atoms with Crippen molar-refractivity contribution in [3.8, 4) is 0 Å². The minimum Gasteiger partial charge on any atom is -0.388 e. The number of halogens is 1. The zero-order valence-corrected chi connectivity index (χ0v) is 12.4. The summed E-state index contributed by atoms with van der Waals surface area (Å²) in [5.41, 5.74) is 0.828. The Labute approximate surface area is 122 Å². The fraction of sp³-hybridized carbons (Fsp3) is 0.600. The Morgan fingerprint density at radius 1 is 1.32 bits per heavy atom. The van der Waals surface area contributed by atoms with Gasteiger partial charge in [-0.3, -0.25) is 0 Å². The fourth-order valence-electron chi connectivity index (χ4n) is 3.17. The Bertz CT molecular complexity index is 443. The molecule has 1 N–H and O–H groups in total. The minimum absolute atomic E-state index is 0.148. The van der Waals surface area contributed by atoms with Gasteiger partial charge in [-0.05, 0) is 30.4 Å². The maximum Gasteiger partial charge on any atom is 0.0940 e. The second-order valence-electron chi connectivity index (χ2n) is 5.55. The fourth-order valence-corrected chi connectivity index (χ4v) is 3.69. The van der Waals surface area contributed by atoms with Gasteiger partial charge in [-0.15, -0.1) is 0 Å². The monoisotopic (exact) mass is 326 g/mol. The van der Waals surface area contributed by atoms with Crippen molar-refractivity contribution < 1.29 is 14.6 Å². The lowest BCUT2D eigenvalue weighted by Gasteiger charge is -2.39. The number of aliphatic hydroxyl groups is 1. The number of aliphatic hydroxyl groups excluding tert-OH is 1. The molecule has 2 saturated heterocycles. The smallest absolute Gasteiger partial charge is 0.0940 e. The number of rotatable bonds is 2. The van der Waals surface area contributed by atoms with Crippen LogP contribution in [0.15, 0.2) is 28.7 Å². The summed E-state index contributed by atoms with van der Waals surface area (Å²) in [6, 6.07) is 7.90. The molecule has 104 valence electrons. The molecule has 2 fully saturated rings. The highest BCUT2D eigenvalue weighted by atomic mass is 79.9. The molecule has 3 atom stereocenters. The highest BCUT2D eigenvalue weighted by molar-refractivity contribution is 9.10. The van der Waals surface area contributed by atoms with E-state index in [4.69, 9.17) is 9.47 Å². The first kappa shape index (κ1) is 13.6. The molecule has 1 spiro atoms. The van der Waals surface area contributed by atoms with Gasteiger partial charge in [0, 0.05) is 24.1 Å². The standard InChI is InChI=1S/C15H19BrO3/c16-13-4-2-1-3-12(13)14(17)11-5-7-19-15(9-11)6-8-18-10-15/h1-4,11,14,17H,5-10H2. The van der Waals surface area contributed by atoms with Crippen LogP contribution in [0.25, 0.3) is 0 Å².